The van der Waals surface area contributed by atoms with E-state index in [-0.39, 0.29) is 0 Å². The summed E-state index contributed by atoms with van der Waals surface area (Å²) in [5.41, 5.74) is 0.674. The summed E-state index contributed by atoms with van der Waals surface area (Å²) in [6, 6.07) is 2.10. The summed E-state index contributed by atoms with van der Waals surface area (Å²) in [4.78, 5) is 10.1. The van der Waals surface area contributed by atoms with E-state index in [1.54, 1.807) is 7.05 Å². The highest BCUT2D eigenvalue weighted by molar-refractivity contribution is 6.32. The van der Waals surface area contributed by atoms with Crippen LogP contribution < -0.4 is 10.2 Å². The molecule has 17 heavy (non-hydrogen) atoms. The van der Waals surface area contributed by atoms with Crippen molar-refractivity contribution >= 4 is 23.1 Å². The molecule has 1 aromatic heterocycles. The second kappa shape index (κ2) is 5.17. The maximum atomic E-state index is 8.86. The molecule has 0 saturated carbocycles. The number of rotatable bonds is 2. The Kier molecular flexibility index (Phi) is 3.61. The molecule has 90 valence electrons. The lowest BCUT2D eigenvalue weighted by molar-refractivity contribution is 0.0762. The van der Waals surface area contributed by atoms with Crippen LogP contribution in [0.5, 0.6) is 0 Å². The number of nitrogens with one attached hydrogen (secondary N) is 1. The quantitative estimate of drug-likeness (QED) is 0.790. The third-order valence-electron chi connectivity index (χ3n) is 2.54. The second-order valence-electron chi connectivity index (χ2n) is 3.55. The Bertz CT molecular complexity index is 447. The summed E-state index contributed by atoms with van der Waals surface area (Å²) < 4.78 is 5.28. The second-order valence-corrected chi connectivity index (χ2v) is 3.91. The molecule has 1 saturated heterocycles. The number of aromatic nitrogens is 2. The number of hydrogen-bond acceptors (Lipinski definition) is 6. The number of hydrogen-bond donors (Lipinski definition) is 1. The average Bonchev–Trinajstić information content (AvgIpc) is 2.38. The highest BCUT2D eigenvalue weighted by Gasteiger charge is 2.23. The molecule has 0 bridgehead atoms. The Morgan fingerprint density at radius 1 is 1.65 bits per heavy atom. The van der Waals surface area contributed by atoms with Crippen LogP contribution in [0.2, 0.25) is 5.15 Å². The van der Waals surface area contributed by atoms with Crippen LogP contribution in [-0.2, 0) is 4.74 Å². The van der Waals surface area contributed by atoms with Gasteiger partial charge in [-0.1, -0.05) is 11.6 Å². The van der Waals surface area contributed by atoms with E-state index in [4.69, 9.17) is 21.6 Å². The zero-order chi connectivity index (χ0) is 12.3. The van der Waals surface area contributed by atoms with Crippen molar-refractivity contribution in [3.05, 3.63) is 11.5 Å². The number of anilines is 2. The van der Waals surface area contributed by atoms with E-state index >= 15 is 0 Å². The monoisotopic (exact) mass is 253 g/mol. The van der Waals surface area contributed by atoms with Crippen molar-refractivity contribution in [1.29, 1.82) is 5.26 Å². The summed E-state index contributed by atoms with van der Waals surface area (Å²) in [5, 5.41) is 12.2. The number of morpholine rings is 1. The Labute approximate surface area is 104 Å². The third-order valence-corrected chi connectivity index (χ3v) is 2.83. The van der Waals surface area contributed by atoms with Crippen LogP contribution in [-0.4, -0.2) is 42.8 Å². The molecule has 2 heterocycles. The lowest BCUT2D eigenvalue weighted by Gasteiger charge is -2.31. The normalized spacial score (nSPS) is 19.8. The highest BCUT2D eigenvalue weighted by Crippen LogP contribution is 2.29. The molecule has 0 aromatic carbocycles. The maximum absolute atomic E-state index is 8.86. The van der Waals surface area contributed by atoms with Gasteiger partial charge in [0.15, 0.2) is 17.1 Å². The zero-order valence-corrected chi connectivity index (χ0v) is 10.1. The van der Waals surface area contributed by atoms with Crippen LogP contribution in [0.1, 0.15) is 0 Å². The fraction of sp³-hybridized carbons (Fsp3) is 0.500. The molecule has 1 aliphatic rings. The first-order valence-electron chi connectivity index (χ1n) is 5.20. The van der Waals surface area contributed by atoms with Crippen molar-refractivity contribution in [2.45, 2.75) is 6.10 Å². The van der Waals surface area contributed by atoms with Crippen molar-refractivity contribution in [1.82, 2.24) is 9.97 Å². The van der Waals surface area contributed by atoms with Gasteiger partial charge in [-0.3, -0.25) is 0 Å². The van der Waals surface area contributed by atoms with E-state index in [1.165, 1.54) is 6.33 Å². The number of nitriles is 1. The molecule has 2 rings (SSSR count). The summed E-state index contributed by atoms with van der Waals surface area (Å²) in [7, 11) is 1.76. The van der Waals surface area contributed by atoms with Gasteiger partial charge in [-0.05, 0) is 0 Å². The van der Waals surface area contributed by atoms with Crippen molar-refractivity contribution in [2.24, 2.45) is 0 Å². The summed E-state index contributed by atoms with van der Waals surface area (Å²) in [6.45, 7) is 1.67. The van der Waals surface area contributed by atoms with E-state index in [0.717, 1.165) is 0 Å². The van der Waals surface area contributed by atoms with Crippen LogP contribution in [0.4, 0.5) is 11.5 Å². The number of ether oxygens (including phenoxy) is 1. The molecule has 7 heteroatoms. The van der Waals surface area contributed by atoms with Gasteiger partial charge in [-0.25, -0.2) is 9.97 Å². The van der Waals surface area contributed by atoms with Crippen LogP contribution in [0.25, 0.3) is 0 Å². The van der Waals surface area contributed by atoms with Gasteiger partial charge >= 0.3 is 0 Å². The molecule has 6 nitrogen and oxygen atoms in total. The SMILES string of the molecule is CNc1c(Cl)ncnc1N1CCOC(C#N)C1. The van der Waals surface area contributed by atoms with Crippen LogP contribution in [0.15, 0.2) is 6.33 Å². The standard InChI is InChI=1S/C10H12ClN5O/c1-13-8-9(11)14-6-15-10(8)16-2-3-17-7(4-12)5-16/h6-7,13H,2-3,5H2,1H3. The van der Waals surface area contributed by atoms with Gasteiger partial charge in [0.25, 0.3) is 0 Å². The molecule has 1 aromatic rings. The fourth-order valence-electron chi connectivity index (χ4n) is 1.73. The van der Waals surface area contributed by atoms with Gasteiger partial charge < -0.3 is 15.0 Å². The number of nitrogens with zero attached hydrogens (tertiary/aromatic N) is 4. The Hall–Kier alpha value is -1.58. The first-order chi connectivity index (χ1) is 8.26. The van der Waals surface area contributed by atoms with Crippen LogP contribution in [0, 0.1) is 11.3 Å². The van der Waals surface area contributed by atoms with Gasteiger partial charge in [0.05, 0.1) is 19.2 Å². The van der Waals surface area contributed by atoms with Gasteiger partial charge in [0, 0.05) is 13.6 Å². The number of halogens is 1. The van der Waals surface area contributed by atoms with Crippen LogP contribution in [0.3, 0.4) is 0 Å². The van der Waals surface area contributed by atoms with E-state index in [0.29, 0.717) is 36.4 Å². The fourth-order valence-corrected chi connectivity index (χ4v) is 1.95. The average molecular weight is 254 g/mol. The largest absolute Gasteiger partial charge is 0.383 e. The molecule has 0 radical (unpaired) electrons. The van der Waals surface area contributed by atoms with E-state index in [1.807, 2.05) is 4.90 Å². The zero-order valence-electron chi connectivity index (χ0n) is 9.35. The molecule has 1 aliphatic heterocycles. The molecule has 0 amide bonds. The van der Waals surface area contributed by atoms with Crippen molar-refractivity contribution in [3.63, 3.8) is 0 Å². The topological polar surface area (TPSA) is 74.1 Å². The minimum atomic E-state index is -0.429. The Balaban J connectivity index is 2.28. The lowest BCUT2D eigenvalue weighted by Crippen LogP contribution is -2.42. The van der Waals surface area contributed by atoms with E-state index in [9.17, 15) is 0 Å². The first-order valence-corrected chi connectivity index (χ1v) is 5.58. The predicted molar refractivity (Wildman–Crippen MR) is 64.2 cm³/mol. The first kappa shape index (κ1) is 11.9. The Morgan fingerprint density at radius 2 is 2.47 bits per heavy atom. The molecule has 0 aliphatic carbocycles. The predicted octanol–water partition coefficient (Wildman–Crippen LogP) is 0.900. The van der Waals surface area contributed by atoms with E-state index < -0.39 is 6.10 Å². The Morgan fingerprint density at radius 3 is 3.18 bits per heavy atom. The summed E-state index contributed by atoms with van der Waals surface area (Å²) >= 11 is 5.98. The maximum Gasteiger partial charge on any atom is 0.161 e. The molecule has 1 fully saturated rings. The molecular weight excluding hydrogens is 242 g/mol. The van der Waals surface area contributed by atoms with Crippen LogP contribution >= 0.6 is 11.6 Å². The van der Waals surface area contributed by atoms with E-state index in [2.05, 4.69) is 21.4 Å². The minimum absolute atomic E-state index is 0.373. The lowest BCUT2D eigenvalue weighted by atomic mass is 10.3. The smallest absolute Gasteiger partial charge is 0.161 e. The third kappa shape index (κ3) is 2.40. The summed E-state index contributed by atoms with van der Waals surface area (Å²) in [6.07, 6.45) is 0.984. The van der Waals surface area contributed by atoms with Gasteiger partial charge in [0.1, 0.15) is 12.0 Å². The van der Waals surface area contributed by atoms with Gasteiger partial charge in [-0.15, -0.1) is 0 Å². The molecule has 1 unspecified atom stereocenters. The summed E-state index contributed by atoms with van der Waals surface area (Å²) in [5.74, 6) is 0.705. The van der Waals surface area contributed by atoms with Gasteiger partial charge in [0.2, 0.25) is 0 Å². The van der Waals surface area contributed by atoms with Crippen molar-refractivity contribution < 1.29 is 4.74 Å². The van der Waals surface area contributed by atoms with Crippen molar-refractivity contribution in [2.75, 3.05) is 37.0 Å². The molecule has 1 N–H and O–H groups in total. The van der Waals surface area contributed by atoms with Crippen molar-refractivity contribution in [3.8, 4) is 6.07 Å². The molecule has 1 atom stereocenters. The minimum Gasteiger partial charge on any atom is -0.383 e. The van der Waals surface area contributed by atoms with Gasteiger partial charge in [-0.2, -0.15) is 5.26 Å². The molecular formula is C10H12ClN5O. The molecule has 0 spiro atoms. The highest BCUT2D eigenvalue weighted by atomic mass is 35.5.